The van der Waals surface area contributed by atoms with Crippen LogP contribution in [-0.2, 0) is 4.79 Å². The van der Waals surface area contributed by atoms with E-state index in [-0.39, 0.29) is 17.4 Å². The number of aldehydes is 1. The van der Waals surface area contributed by atoms with Crippen LogP contribution in [0.25, 0.3) is 0 Å². The number of rotatable bonds is 8. The second-order valence-electron chi connectivity index (χ2n) is 5.81. The van der Waals surface area contributed by atoms with Gasteiger partial charge in [-0.1, -0.05) is 30.3 Å². The molecule has 0 saturated carbocycles. The molecule has 106 valence electrons. The van der Waals surface area contributed by atoms with Crippen molar-refractivity contribution in [3.05, 3.63) is 35.9 Å². The molecule has 0 aliphatic rings. The van der Waals surface area contributed by atoms with Crippen LogP contribution in [0.2, 0.25) is 0 Å². The van der Waals surface area contributed by atoms with Crippen molar-refractivity contribution in [1.82, 2.24) is 5.32 Å². The van der Waals surface area contributed by atoms with Crippen LogP contribution < -0.4 is 11.1 Å². The molecule has 0 amide bonds. The van der Waals surface area contributed by atoms with Gasteiger partial charge in [0.2, 0.25) is 0 Å². The van der Waals surface area contributed by atoms with E-state index >= 15 is 0 Å². The highest BCUT2D eigenvalue weighted by molar-refractivity contribution is 5.54. The van der Waals surface area contributed by atoms with Crippen LogP contribution in [0.5, 0.6) is 0 Å². The molecule has 0 spiro atoms. The van der Waals surface area contributed by atoms with Gasteiger partial charge in [0.25, 0.3) is 0 Å². The summed E-state index contributed by atoms with van der Waals surface area (Å²) in [6, 6.07) is 10.2. The average molecular weight is 262 g/mol. The number of benzene rings is 1. The number of carbonyl (C=O) groups is 1. The molecule has 2 unspecified atom stereocenters. The van der Waals surface area contributed by atoms with Crippen molar-refractivity contribution in [2.24, 2.45) is 11.7 Å². The number of hydrogen-bond acceptors (Lipinski definition) is 3. The van der Waals surface area contributed by atoms with E-state index < -0.39 is 0 Å². The van der Waals surface area contributed by atoms with Gasteiger partial charge in [-0.25, -0.2) is 0 Å². The first kappa shape index (κ1) is 15.9. The summed E-state index contributed by atoms with van der Waals surface area (Å²) in [7, 11) is 1.93. The van der Waals surface area contributed by atoms with Gasteiger partial charge in [-0.15, -0.1) is 0 Å². The fraction of sp³-hybridized carbons (Fsp3) is 0.562. The van der Waals surface area contributed by atoms with E-state index in [1.807, 2.05) is 25.2 Å². The van der Waals surface area contributed by atoms with Gasteiger partial charge in [0, 0.05) is 11.5 Å². The summed E-state index contributed by atoms with van der Waals surface area (Å²) in [5, 5.41) is 3.25. The molecular weight excluding hydrogens is 236 g/mol. The van der Waals surface area contributed by atoms with Gasteiger partial charge in [-0.2, -0.15) is 0 Å². The maximum Gasteiger partial charge on any atom is 0.123 e. The maximum absolute atomic E-state index is 11.3. The van der Waals surface area contributed by atoms with Gasteiger partial charge >= 0.3 is 0 Å². The second kappa shape index (κ2) is 7.41. The second-order valence-corrected chi connectivity index (χ2v) is 5.81. The summed E-state index contributed by atoms with van der Waals surface area (Å²) in [5.41, 5.74) is 7.07. The highest BCUT2D eigenvalue weighted by atomic mass is 16.1. The van der Waals surface area contributed by atoms with Gasteiger partial charge in [0.05, 0.1) is 0 Å². The molecule has 0 radical (unpaired) electrons. The third kappa shape index (κ3) is 5.13. The van der Waals surface area contributed by atoms with Gasteiger partial charge in [0.15, 0.2) is 0 Å². The van der Waals surface area contributed by atoms with E-state index in [4.69, 9.17) is 5.73 Å². The smallest absolute Gasteiger partial charge is 0.123 e. The van der Waals surface area contributed by atoms with Crippen LogP contribution in [0, 0.1) is 5.92 Å². The Kier molecular flexibility index (Phi) is 6.19. The summed E-state index contributed by atoms with van der Waals surface area (Å²) in [6.45, 7) is 4.81. The van der Waals surface area contributed by atoms with E-state index in [2.05, 4.69) is 31.3 Å². The van der Waals surface area contributed by atoms with Crippen molar-refractivity contribution >= 4 is 6.29 Å². The third-order valence-corrected chi connectivity index (χ3v) is 3.78. The standard InChI is InChI=1S/C16H26N2O/c1-16(2,18-3)10-13(12-19)9-15(11-17)14-7-5-4-6-8-14/h4-8,12-13,15,18H,9-11,17H2,1-3H3. The van der Waals surface area contributed by atoms with Crippen LogP contribution in [-0.4, -0.2) is 25.4 Å². The lowest BCUT2D eigenvalue weighted by atomic mass is 9.83. The SMILES string of the molecule is CNC(C)(C)CC(C=O)CC(CN)c1ccccc1. The first-order valence-corrected chi connectivity index (χ1v) is 6.91. The maximum atomic E-state index is 11.3. The Morgan fingerprint density at radius 1 is 1.32 bits per heavy atom. The molecule has 0 aliphatic heterocycles. The van der Waals surface area contributed by atoms with Crippen molar-refractivity contribution in [3.8, 4) is 0 Å². The van der Waals surface area contributed by atoms with E-state index in [9.17, 15) is 4.79 Å². The Bertz CT molecular complexity index is 376. The van der Waals surface area contributed by atoms with E-state index in [0.29, 0.717) is 6.54 Å². The molecule has 0 aliphatic carbocycles. The molecule has 1 aromatic carbocycles. The van der Waals surface area contributed by atoms with Gasteiger partial charge < -0.3 is 15.8 Å². The molecule has 3 heteroatoms. The molecule has 2 atom stereocenters. The molecule has 0 saturated heterocycles. The summed E-state index contributed by atoms with van der Waals surface area (Å²) in [6.07, 6.45) is 2.72. The molecule has 19 heavy (non-hydrogen) atoms. The largest absolute Gasteiger partial charge is 0.330 e. The topological polar surface area (TPSA) is 55.1 Å². The van der Waals surface area contributed by atoms with Crippen molar-refractivity contribution < 1.29 is 4.79 Å². The minimum atomic E-state index is -0.0264. The summed E-state index contributed by atoms with van der Waals surface area (Å²) in [4.78, 5) is 11.3. The zero-order chi connectivity index (χ0) is 14.3. The normalized spacial score (nSPS) is 14.9. The molecule has 1 aromatic rings. The summed E-state index contributed by atoms with van der Waals surface area (Å²) < 4.78 is 0. The average Bonchev–Trinajstić information content (AvgIpc) is 2.44. The Balaban J connectivity index is 2.70. The Morgan fingerprint density at radius 2 is 1.95 bits per heavy atom. The van der Waals surface area contributed by atoms with Gasteiger partial charge in [-0.3, -0.25) is 0 Å². The zero-order valence-electron chi connectivity index (χ0n) is 12.2. The lowest BCUT2D eigenvalue weighted by Gasteiger charge is -2.28. The minimum absolute atomic E-state index is 0.0264. The molecular formula is C16H26N2O. The summed E-state index contributed by atoms with van der Waals surface area (Å²) >= 11 is 0. The van der Waals surface area contributed by atoms with Crippen molar-refractivity contribution in [1.29, 1.82) is 0 Å². The quantitative estimate of drug-likeness (QED) is 0.707. The molecule has 1 rings (SSSR count). The van der Waals surface area contributed by atoms with E-state index in [1.165, 1.54) is 5.56 Å². The van der Waals surface area contributed by atoms with E-state index in [1.54, 1.807) is 0 Å². The highest BCUT2D eigenvalue weighted by Crippen LogP contribution is 2.26. The van der Waals surface area contributed by atoms with Crippen LogP contribution in [0.3, 0.4) is 0 Å². The van der Waals surface area contributed by atoms with Crippen LogP contribution >= 0.6 is 0 Å². The van der Waals surface area contributed by atoms with Crippen molar-refractivity contribution in [2.45, 2.75) is 38.1 Å². The van der Waals surface area contributed by atoms with Gasteiger partial charge in [0.1, 0.15) is 6.29 Å². The third-order valence-electron chi connectivity index (χ3n) is 3.78. The Morgan fingerprint density at radius 3 is 2.42 bits per heavy atom. The lowest BCUT2D eigenvalue weighted by molar-refractivity contribution is -0.112. The van der Waals surface area contributed by atoms with Crippen molar-refractivity contribution in [3.63, 3.8) is 0 Å². The molecule has 0 aromatic heterocycles. The van der Waals surface area contributed by atoms with Crippen LogP contribution in [0.4, 0.5) is 0 Å². The first-order valence-electron chi connectivity index (χ1n) is 6.91. The fourth-order valence-electron chi connectivity index (χ4n) is 2.40. The number of nitrogens with one attached hydrogen (secondary N) is 1. The molecule has 3 N–H and O–H groups in total. The monoisotopic (exact) mass is 262 g/mol. The van der Waals surface area contributed by atoms with Crippen LogP contribution in [0.1, 0.15) is 38.2 Å². The fourth-order valence-corrected chi connectivity index (χ4v) is 2.40. The molecule has 0 bridgehead atoms. The molecule has 3 nitrogen and oxygen atoms in total. The first-order chi connectivity index (χ1) is 9.02. The van der Waals surface area contributed by atoms with Gasteiger partial charge in [-0.05, 0) is 51.8 Å². The van der Waals surface area contributed by atoms with Crippen molar-refractivity contribution in [2.75, 3.05) is 13.6 Å². The molecule has 0 fully saturated rings. The number of carbonyl (C=O) groups excluding carboxylic acids is 1. The summed E-state index contributed by atoms with van der Waals surface area (Å²) in [5.74, 6) is 0.292. The van der Waals surface area contributed by atoms with E-state index in [0.717, 1.165) is 19.1 Å². The Hall–Kier alpha value is -1.19. The predicted molar refractivity (Wildman–Crippen MR) is 80.2 cm³/mol. The molecule has 0 heterocycles. The Labute approximate surface area is 116 Å². The predicted octanol–water partition coefficient (Wildman–Crippen LogP) is 2.32. The lowest BCUT2D eigenvalue weighted by Crippen LogP contribution is -2.39. The minimum Gasteiger partial charge on any atom is -0.330 e. The highest BCUT2D eigenvalue weighted by Gasteiger charge is 2.24. The number of nitrogens with two attached hydrogens (primary N) is 1. The zero-order valence-corrected chi connectivity index (χ0v) is 12.2. The van der Waals surface area contributed by atoms with Crippen LogP contribution in [0.15, 0.2) is 30.3 Å². The number of hydrogen-bond donors (Lipinski definition) is 2.